The highest BCUT2D eigenvalue weighted by atomic mass is 16.4. The maximum atomic E-state index is 11.4. The van der Waals surface area contributed by atoms with Crippen molar-refractivity contribution in [2.45, 2.75) is 45.6 Å². The molecule has 2 aromatic rings. The number of rotatable bonds is 3. The summed E-state index contributed by atoms with van der Waals surface area (Å²) in [4.78, 5) is 15.9. The van der Waals surface area contributed by atoms with Gasteiger partial charge >= 0.3 is 5.97 Å². The summed E-state index contributed by atoms with van der Waals surface area (Å²) in [5.41, 5.74) is 1.93. The third-order valence-electron chi connectivity index (χ3n) is 4.35. The van der Waals surface area contributed by atoms with Gasteiger partial charge in [0.25, 0.3) is 0 Å². The average molecular weight is 272 g/mol. The number of aryl methyl sites for hydroxylation is 1. The molecule has 0 bridgehead atoms. The number of nitrogens with zero attached hydrogens (tertiary/aromatic N) is 2. The standard InChI is InChI=1S/C16H20N2O2/c1-11-17-14-9-5-8-13(16(19)20)15(14)18(11)10-12-6-3-2-4-7-12/h5,8-9,12H,2-4,6-7,10H2,1H3,(H,19,20). The fraction of sp³-hybridized carbons (Fsp3) is 0.500. The summed E-state index contributed by atoms with van der Waals surface area (Å²) in [5.74, 6) is 0.696. The topological polar surface area (TPSA) is 55.1 Å². The van der Waals surface area contributed by atoms with Crippen LogP contribution in [-0.4, -0.2) is 20.6 Å². The van der Waals surface area contributed by atoms with Gasteiger partial charge in [0, 0.05) is 6.54 Å². The van der Waals surface area contributed by atoms with E-state index in [1.165, 1.54) is 32.1 Å². The Hall–Kier alpha value is -1.84. The molecule has 106 valence electrons. The van der Waals surface area contributed by atoms with Crippen molar-refractivity contribution in [2.24, 2.45) is 5.92 Å². The van der Waals surface area contributed by atoms with Crippen molar-refractivity contribution in [3.63, 3.8) is 0 Å². The molecule has 0 amide bonds. The van der Waals surface area contributed by atoms with Crippen LogP contribution in [0, 0.1) is 12.8 Å². The molecule has 4 heteroatoms. The molecule has 1 aliphatic rings. The van der Waals surface area contributed by atoms with Gasteiger partial charge in [-0.3, -0.25) is 0 Å². The summed E-state index contributed by atoms with van der Waals surface area (Å²) >= 11 is 0. The molecule has 4 nitrogen and oxygen atoms in total. The zero-order valence-corrected chi connectivity index (χ0v) is 11.8. The van der Waals surface area contributed by atoms with Crippen molar-refractivity contribution in [1.29, 1.82) is 0 Å². The molecular formula is C16H20N2O2. The number of carboxylic acids is 1. The number of hydrogen-bond acceptors (Lipinski definition) is 2. The van der Waals surface area contributed by atoms with E-state index in [2.05, 4.69) is 9.55 Å². The van der Waals surface area contributed by atoms with Crippen LogP contribution in [0.4, 0.5) is 0 Å². The van der Waals surface area contributed by atoms with Gasteiger partial charge in [-0.25, -0.2) is 9.78 Å². The fourth-order valence-electron chi connectivity index (χ4n) is 3.33. The Labute approximate surface area is 118 Å². The van der Waals surface area contributed by atoms with Gasteiger partial charge in [0.1, 0.15) is 5.82 Å². The molecule has 1 N–H and O–H groups in total. The van der Waals surface area contributed by atoms with Crippen LogP contribution in [0.5, 0.6) is 0 Å². The Kier molecular flexibility index (Phi) is 3.47. The number of aromatic nitrogens is 2. The average Bonchev–Trinajstić information content (AvgIpc) is 2.76. The zero-order valence-electron chi connectivity index (χ0n) is 11.8. The second kappa shape index (κ2) is 5.27. The van der Waals surface area contributed by atoms with E-state index in [0.29, 0.717) is 11.5 Å². The van der Waals surface area contributed by atoms with E-state index >= 15 is 0 Å². The first kappa shape index (κ1) is 13.2. The minimum Gasteiger partial charge on any atom is -0.478 e. The van der Waals surface area contributed by atoms with E-state index < -0.39 is 5.97 Å². The number of aromatic carboxylic acids is 1. The molecule has 20 heavy (non-hydrogen) atoms. The largest absolute Gasteiger partial charge is 0.478 e. The molecule has 1 fully saturated rings. The Morgan fingerprint density at radius 1 is 1.35 bits per heavy atom. The van der Waals surface area contributed by atoms with E-state index in [0.717, 1.165) is 23.4 Å². The highest BCUT2D eigenvalue weighted by molar-refractivity contribution is 6.01. The van der Waals surface area contributed by atoms with Crippen LogP contribution < -0.4 is 0 Å². The monoisotopic (exact) mass is 272 g/mol. The summed E-state index contributed by atoms with van der Waals surface area (Å²) in [6, 6.07) is 5.33. The lowest BCUT2D eigenvalue weighted by Gasteiger charge is -2.23. The Balaban J connectivity index is 2.04. The molecule has 1 aromatic heterocycles. The SMILES string of the molecule is Cc1nc2cccc(C(=O)O)c2n1CC1CCCCC1. The number of carboxylic acid groups (broad SMARTS) is 1. The summed E-state index contributed by atoms with van der Waals surface area (Å²) < 4.78 is 2.11. The molecule has 1 aliphatic carbocycles. The summed E-state index contributed by atoms with van der Waals surface area (Å²) in [5, 5.41) is 9.38. The molecule has 0 spiro atoms. The van der Waals surface area contributed by atoms with Crippen molar-refractivity contribution >= 4 is 17.0 Å². The van der Waals surface area contributed by atoms with Crippen molar-refractivity contribution in [2.75, 3.05) is 0 Å². The van der Waals surface area contributed by atoms with Crippen LogP contribution in [0.15, 0.2) is 18.2 Å². The van der Waals surface area contributed by atoms with Gasteiger partial charge in [-0.15, -0.1) is 0 Å². The van der Waals surface area contributed by atoms with E-state index in [9.17, 15) is 9.90 Å². The highest BCUT2D eigenvalue weighted by Crippen LogP contribution is 2.28. The molecule has 0 aliphatic heterocycles. The predicted molar refractivity (Wildman–Crippen MR) is 78.0 cm³/mol. The van der Waals surface area contributed by atoms with E-state index in [1.54, 1.807) is 12.1 Å². The summed E-state index contributed by atoms with van der Waals surface area (Å²) in [7, 11) is 0. The van der Waals surface area contributed by atoms with Gasteiger partial charge < -0.3 is 9.67 Å². The Bertz CT molecular complexity index is 639. The number of fused-ring (bicyclic) bond motifs is 1. The quantitative estimate of drug-likeness (QED) is 0.928. The molecule has 1 heterocycles. The van der Waals surface area contributed by atoms with Gasteiger partial charge in [-0.05, 0) is 37.8 Å². The van der Waals surface area contributed by atoms with Gasteiger partial charge in [0.15, 0.2) is 0 Å². The minimum absolute atomic E-state index is 0.360. The first-order valence-corrected chi connectivity index (χ1v) is 7.36. The lowest BCUT2D eigenvalue weighted by atomic mass is 9.89. The van der Waals surface area contributed by atoms with Crippen LogP contribution >= 0.6 is 0 Å². The van der Waals surface area contributed by atoms with E-state index in [-0.39, 0.29) is 0 Å². The highest BCUT2D eigenvalue weighted by Gasteiger charge is 2.20. The number of imidazole rings is 1. The lowest BCUT2D eigenvalue weighted by Crippen LogP contribution is -2.16. The molecule has 1 aromatic carbocycles. The summed E-state index contributed by atoms with van der Waals surface area (Å²) in [6.45, 7) is 2.86. The molecule has 0 atom stereocenters. The Morgan fingerprint density at radius 2 is 2.10 bits per heavy atom. The second-order valence-electron chi connectivity index (χ2n) is 5.75. The molecule has 0 radical (unpaired) electrons. The number of para-hydroxylation sites is 1. The predicted octanol–water partition coefficient (Wildman–Crippen LogP) is 3.62. The van der Waals surface area contributed by atoms with Crippen LogP contribution in [-0.2, 0) is 6.54 Å². The van der Waals surface area contributed by atoms with Crippen LogP contribution in [0.3, 0.4) is 0 Å². The maximum absolute atomic E-state index is 11.4. The number of hydrogen-bond donors (Lipinski definition) is 1. The van der Waals surface area contributed by atoms with Gasteiger partial charge in [-0.2, -0.15) is 0 Å². The smallest absolute Gasteiger partial charge is 0.337 e. The van der Waals surface area contributed by atoms with E-state index in [4.69, 9.17) is 0 Å². The lowest BCUT2D eigenvalue weighted by molar-refractivity contribution is 0.0698. The normalized spacial score (nSPS) is 16.6. The van der Waals surface area contributed by atoms with Gasteiger partial charge in [0.05, 0.1) is 16.6 Å². The van der Waals surface area contributed by atoms with Crippen molar-refractivity contribution in [3.05, 3.63) is 29.6 Å². The molecule has 0 unspecified atom stereocenters. The maximum Gasteiger partial charge on any atom is 0.337 e. The van der Waals surface area contributed by atoms with Gasteiger partial charge in [-0.1, -0.05) is 25.3 Å². The molecule has 3 rings (SSSR count). The fourth-order valence-corrected chi connectivity index (χ4v) is 3.33. The second-order valence-corrected chi connectivity index (χ2v) is 5.75. The third-order valence-corrected chi connectivity index (χ3v) is 4.35. The molecular weight excluding hydrogens is 252 g/mol. The van der Waals surface area contributed by atoms with Crippen LogP contribution in [0.25, 0.3) is 11.0 Å². The molecule has 0 saturated heterocycles. The minimum atomic E-state index is -0.875. The van der Waals surface area contributed by atoms with Crippen molar-refractivity contribution < 1.29 is 9.90 Å². The van der Waals surface area contributed by atoms with E-state index in [1.807, 2.05) is 13.0 Å². The first-order valence-electron chi connectivity index (χ1n) is 7.36. The van der Waals surface area contributed by atoms with Crippen molar-refractivity contribution in [1.82, 2.24) is 9.55 Å². The first-order chi connectivity index (χ1) is 9.66. The number of benzene rings is 1. The van der Waals surface area contributed by atoms with Gasteiger partial charge in [0.2, 0.25) is 0 Å². The van der Waals surface area contributed by atoms with Crippen LogP contribution in [0.2, 0.25) is 0 Å². The zero-order chi connectivity index (χ0) is 14.1. The third kappa shape index (κ3) is 2.30. The van der Waals surface area contributed by atoms with Crippen LogP contribution in [0.1, 0.15) is 48.3 Å². The number of carbonyl (C=O) groups is 1. The molecule has 1 saturated carbocycles. The van der Waals surface area contributed by atoms with Crippen molar-refractivity contribution in [3.8, 4) is 0 Å². The Morgan fingerprint density at radius 3 is 2.80 bits per heavy atom. The summed E-state index contributed by atoms with van der Waals surface area (Å²) in [6.07, 6.45) is 6.41.